The van der Waals surface area contributed by atoms with Crippen LogP contribution in [0.3, 0.4) is 0 Å². The first-order chi connectivity index (χ1) is 19.0. The van der Waals surface area contributed by atoms with Crippen LogP contribution in [0.4, 0.5) is 5.69 Å². The molecule has 0 bridgehead atoms. The van der Waals surface area contributed by atoms with Crippen molar-refractivity contribution < 1.29 is 4.79 Å². The van der Waals surface area contributed by atoms with E-state index in [2.05, 4.69) is 89.1 Å². The maximum atomic E-state index is 12.9. The van der Waals surface area contributed by atoms with Gasteiger partial charge in [0, 0.05) is 78.9 Å². The largest absolute Gasteiger partial charge is 0.350 e. The summed E-state index contributed by atoms with van der Waals surface area (Å²) < 4.78 is 4.60. The van der Waals surface area contributed by atoms with E-state index in [0.29, 0.717) is 12.3 Å². The second-order valence-electron chi connectivity index (χ2n) is 11.6. The van der Waals surface area contributed by atoms with Crippen LogP contribution in [0, 0.1) is 5.92 Å². The predicted molar refractivity (Wildman–Crippen MR) is 166 cm³/mol. The first-order valence-corrected chi connectivity index (χ1v) is 14.2. The molecule has 2 aliphatic heterocycles. The maximum absolute atomic E-state index is 12.9. The van der Waals surface area contributed by atoms with Crippen LogP contribution in [0.2, 0.25) is 0 Å². The lowest BCUT2D eigenvalue weighted by molar-refractivity contribution is -0.117. The highest BCUT2D eigenvalue weighted by Crippen LogP contribution is 2.48. The number of piperidine rings is 1. The molecular weight excluding hydrogens is 516 g/mol. The highest BCUT2D eigenvalue weighted by Gasteiger charge is 2.42. The molecule has 2 aliphatic rings. The van der Waals surface area contributed by atoms with Crippen LogP contribution in [0.1, 0.15) is 30.4 Å². The number of aryl methyl sites for hydroxylation is 2. The summed E-state index contributed by atoms with van der Waals surface area (Å²) in [7, 11) is 4.35. The molecule has 2 fully saturated rings. The van der Waals surface area contributed by atoms with Crippen molar-refractivity contribution in [3.63, 3.8) is 0 Å². The Morgan fingerprint density at radius 3 is 1.85 bits per heavy atom. The standard InChI is InChI=1S/C34H36N4O.ClH/c1-35-23-29(27-12-6-8-14-31(27)35)34(30-24-36(2)32-15-9-7-13-28(30)32)16-18-37(19-17-34)21-25-20-33(39)38(22-25)26-10-4-3-5-11-26;/h3-15,23-25H,16-22H2,1-2H3;1H. The molecule has 0 saturated carbocycles. The van der Waals surface area contributed by atoms with E-state index in [1.54, 1.807) is 0 Å². The number of likely N-dealkylation sites (tertiary alicyclic amines) is 1. The fourth-order valence-electron chi connectivity index (χ4n) is 7.37. The number of aromatic nitrogens is 2. The molecular formula is C34H37ClN4O. The molecule has 5 nitrogen and oxygen atoms in total. The number of benzene rings is 3. The second-order valence-corrected chi connectivity index (χ2v) is 11.6. The monoisotopic (exact) mass is 552 g/mol. The van der Waals surface area contributed by atoms with Gasteiger partial charge in [0.2, 0.25) is 5.91 Å². The van der Waals surface area contributed by atoms with Crippen molar-refractivity contribution in [2.24, 2.45) is 20.0 Å². The molecule has 2 saturated heterocycles. The fraction of sp³-hybridized carbons (Fsp3) is 0.324. The van der Waals surface area contributed by atoms with E-state index in [-0.39, 0.29) is 23.7 Å². The molecule has 5 aromatic rings. The zero-order chi connectivity index (χ0) is 26.6. The molecule has 6 heteroatoms. The molecule has 0 aliphatic carbocycles. The summed E-state index contributed by atoms with van der Waals surface area (Å²) >= 11 is 0. The summed E-state index contributed by atoms with van der Waals surface area (Å²) in [6, 6.07) is 27.8. The Kier molecular flexibility index (Phi) is 6.97. The minimum atomic E-state index is -0.0558. The second kappa shape index (κ2) is 10.5. The fourth-order valence-corrected chi connectivity index (χ4v) is 7.37. The smallest absolute Gasteiger partial charge is 0.227 e. The maximum Gasteiger partial charge on any atom is 0.227 e. The average Bonchev–Trinajstić information content (AvgIpc) is 3.63. The van der Waals surface area contributed by atoms with Crippen molar-refractivity contribution in [3.05, 3.63) is 102 Å². The van der Waals surface area contributed by atoms with E-state index in [1.807, 2.05) is 35.2 Å². The summed E-state index contributed by atoms with van der Waals surface area (Å²) in [4.78, 5) is 17.4. The van der Waals surface area contributed by atoms with E-state index in [1.165, 1.54) is 32.9 Å². The lowest BCUT2D eigenvalue weighted by atomic mass is 9.67. The molecule has 40 heavy (non-hydrogen) atoms. The van der Waals surface area contributed by atoms with E-state index in [9.17, 15) is 4.79 Å². The Labute approximate surface area is 242 Å². The number of halogens is 1. The Hall–Kier alpha value is -3.54. The number of amides is 1. The van der Waals surface area contributed by atoms with E-state index >= 15 is 0 Å². The molecule has 2 aromatic heterocycles. The average molecular weight is 553 g/mol. The number of fused-ring (bicyclic) bond motifs is 2. The number of hydrogen-bond acceptors (Lipinski definition) is 2. The molecule has 1 atom stereocenters. The van der Waals surface area contributed by atoms with Crippen molar-refractivity contribution in [2.75, 3.05) is 31.1 Å². The summed E-state index contributed by atoms with van der Waals surface area (Å²) in [5.74, 6) is 0.629. The summed E-state index contributed by atoms with van der Waals surface area (Å²) in [5, 5.41) is 2.72. The van der Waals surface area contributed by atoms with Crippen LogP contribution in [-0.2, 0) is 24.3 Å². The SMILES string of the molecule is Cl.Cn1cc(C2(c3cn(C)c4ccccc34)CCN(CC3CC(=O)N(c4ccccc4)C3)CC2)c2ccccc21. The van der Waals surface area contributed by atoms with Gasteiger partial charge in [0.05, 0.1) is 0 Å². The van der Waals surface area contributed by atoms with Gasteiger partial charge in [0.1, 0.15) is 0 Å². The van der Waals surface area contributed by atoms with Gasteiger partial charge in [0.25, 0.3) is 0 Å². The zero-order valence-corrected chi connectivity index (χ0v) is 24.1. The van der Waals surface area contributed by atoms with Crippen molar-refractivity contribution in [3.8, 4) is 0 Å². The molecule has 206 valence electrons. The molecule has 1 unspecified atom stereocenters. The van der Waals surface area contributed by atoms with Gasteiger partial charge in [-0.25, -0.2) is 0 Å². The van der Waals surface area contributed by atoms with Gasteiger partial charge in [-0.3, -0.25) is 4.79 Å². The quantitative estimate of drug-likeness (QED) is 0.248. The molecule has 1 amide bonds. The zero-order valence-electron chi connectivity index (χ0n) is 23.3. The normalized spacial score (nSPS) is 19.4. The van der Waals surface area contributed by atoms with Crippen molar-refractivity contribution in [1.29, 1.82) is 0 Å². The Bertz CT molecular complexity index is 1580. The van der Waals surface area contributed by atoms with Crippen LogP contribution in [0.25, 0.3) is 21.8 Å². The van der Waals surface area contributed by atoms with Crippen LogP contribution in [0.5, 0.6) is 0 Å². The van der Waals surface area contributed by atoms with E-state index < -0.39 is 0 Å². The Balaban J connectivity index is 0.00000289. The van der Waals surface area contributed by atoms with Crippen LogP contribution >= 0.6 is 12.4 Å². The Morgan fingerprint density at radius 1 is 0.750 bits per heavy atom. The van der Waals surface area contributed by atoms with Crippen molar-refractivity contribution in [1.82, 2.24) is 14.0 Å². The number of nitrogens with zero attached hydrogens (tertiary/aromatic N) is 4. The topological polar surface area (TPSA) is 33.4 Å². The van der Waals surface area contributed by atoms with Gasteiger partial charge in [0.15, 0.2) is 0 Å². The van der Waals surface area contributed by atoms with Gasteiger partial charge in [-0.05, 0) is 67.2 Å². The third-order valence-electron chi connectivity index (χ3n) is 9.32. The minimum absolute atomic E-state index is 0. The molecule has 7 rings (SSSR count). The summed E-state index contributed by atoms with van der Waals surface area (Å²) in [6.45, 7) is 3.86. The Morgan fingerprint density at radius 2 is 1.27 bits per heavy atom. The number of carbonyl (C=O) groups is 1. The van der Waals surface area contributed by atoms with E-state index in [0.717, 1.165) is 44.7 Å². The minimum Gasteiger partial charge on any atom is -0.350 e. The third kappa shape index (κ3) is 4.32. The van der Waals surface area contributed by atoms with Gasteiger partial charge >= 0.3 is 0 Å². The molecule has 0 spiro atoms. The number of anilines is 1. The lowest BCUT2D eigenvalue weighted by Crippen LogP contribution is -2.45. The highest BCUT2D eigenvalue weighted by atomic mass is 35.5. The predicted octanol–water partition coefficient (Wildman–Crippen LogP) is 6.53. The van der Waals surface area contributed by atoms with E-state index in [4.69, 9.17) is 0 Å². The van der Waals surface area contributed by atoms with Gasteiger partial charge in [-0.15, -0.1) is 12.4 Å². The highest BCUT2D eigenvalue weighted by molar-refractivity contribution is 5.95. The van der Waals surface area contributed by atoms with Gasteiger partial charge < -0.3 is 18.9 Å². The molecule has 3 aromatic carbocycles. The molecule has 0 radical (unpaired) electrons. The number of rotatable bonds is 5. The summed E-state index contributed by atoms with van der Waals surface area (Å²) in [6.07, 6.45) is 7.55. The van der Waals surface area contributed by atoms with Gasteiger partial charge in [-0.1, -0.05) is 54.6 Å². The number of hydrogen-bond donors (Lipinski definition) is 0. The van der Waals surface area contributed by atoms with Crippen LogP contribution < -0.4 is 4.90 Å². The van der Waals surface area contributed by atoms with Crippen molar-refractivity contribution >= 4 is 45.8 Å². The van der Waals surface area contributed by atoms with Crippen LogP contribution in [0.15, 0.2) is 91.3 Å². The van der Waals surface area contributed by atoms with Crippen LogP contribution in [-0.4, -0.2) is 46.1 Å². The number of carbonyl (C=O) groups excluding carboxylic acids is 1. The lowest BCUT2D eigenvalue weighted by Gasteiger charge is -2.43. The van der Waals surface area contributed by atoms with Gasteiger partial charge in [-0.2, -0.15) is 0 Å². The van der Waals surface area contributed by atoms with Crippen molar-refractivity contribution in [2.45, 2.75) is 24.7 Å². The first kappa shape index (κ1) is 26.7. The molecule has 0 N–H and O–H groups in total. The number of para-hydroxylation sites is 3. The summed E-state index contributed by atoms with van der Waals surface area (Å²) in [5.41, 5.74) is 6.44. The third-order valence-corrected chi connectivity index (χ3v) is 9.32. The first-order valence-electron chi connectivity index (χ1n) is 14.2. The molecule has 4 heterocycles.